The first-order chi connectivity index (χ1) is 10.7. The largest absolute Gasteiger partial charge is 0.322 e. The molecule has 0 fully saturated rings. The van der Waals surface area contributed by atoms with Crippen molar-refractivity contribution in [3.8, 4) is 0 Å². The molecule has 2 aromatic rings. The number of carbonyl (C=O) groups excluding carboxylic acids is 1. The van der Waals surface area contributed by atoms with Crippen LogP contribution in [0.1, 0.15) is 26.6 Å². The predicted molar refractivity (Wildman–Crippen MR) is 88.5 cm³/mol. The average Bonchev–Trinajstić information content (AvgIpc) is 2.89. The van der Waals surface area contributed by atoms with Crippen molar-refractivity contribution >= 4 is 39.3 Å². The van der Waals surface area contributed by atoms with Gasteiger partial charge in [0.2, 0.25) is 11.1 Å². The molecule has 0 unspecified atom stereocenters. The summed E-state index contributed by atoms with van der Waals surface area (Å²) in [5, 5.41) is 9.68. The third-order valence-electron chi connectivity index (χ3n) is 2.78. The van der Waals surface area contributed by atoms with Crippen LogP contribution in [0.25, 0.3) is 0 Å². The number of thioether (sulfide) groups is 1. The lowest BCUT2D eigenvalue weighted by molar-refractivity contribution is -0.113. The molecule has 0 atom stereocenters. The van der Waals surface area contributed by atoms with E-state index >= 15 is 0 Å². The average molecular weight is 405 g/mol. The lowest BCUT2D eigenvalue weighted by atomic mass is 9.96. The third kappa shape index (κ3) is 4.74. The second kappa shape index (κ2) is 6.96. The number of nitrogens with zero attached hydrogens (tertiary/aromatic N) is 2. The number of hydrogen-bond acceptors (Lipinski definition) is 4. The number of amides is 1. The quantitative estimate of drug-likeness (QED) is 0.758. The van der Waals surface area contributed by atoms with Crippen LogP contribution in [0.5, 0.6) is 0 Å². The van der Waals surface area contributed by atoms with Crippen LogP contribution in [0.2, 0.25) is 0 Å². The molecule has 5 nitrogen and oxygen atoms in total. The fourth-order valence-electron chi connectivity index (χ4n) is 1.61. The molecule has 0 bridgehead atoms. The molecule has 0 aliphatic carbocycles. The molecule has 2 rings (SSSR count). The van der Waals surface area contributed by atoms with Gasteiger partial charge in [-0.3, -0.25) is 9.89 Å². The van der Waals surface area contributed by atoms with Crippen molar-refractivity contribution in [2.24, 2.45) is 0 Å². The zero-order chi connectivity index (χ0) is 17.2. The number of benzene rings is 1. The van der Waals surface area contributed by atoms with Crippen LogP contribution in [-0.4, -0.2) is 26.8 Å². The highest BCUT2D eigenvalue weighted by Crippen LogP contribution is 2.27. The van der Waals surface area contributed by atoms with Gasteiger partial charge in [0.15, 0.2) is 5.82 Å². The standard InChI is InChI=1S/C14H15BrF2N4OS/c1-14(2,3)12-19-13(21-20-12)23-6-10(22)18-11-8(15)4-7(16)5-9(11)17/h4-5H,6H2,1-3H3,(H,18,22)(H,19,20,21). The molecule has 0 saturated heterocycles. The van der Waals surface area contributed by atoms with E-state index in [0.717, 1.165) is 17.8 Å². The number of halogens is 3. The minimum absolute atomic E-state index is 0.00466. The Morgan fingerprint density at radius 3 is 2.65 bits per heavy atom. The molecular weight excluding hydrogens is 390 g/mol. The lowest BCUT2D eigenvalue weighted by Crippen LogP contribution is -2.16. The fourth-order valence-corrected chi connectivity index (χ4v) is 2.72. The van der Waals surface area contributed by atoms with E-state index in [1.54, 1.807) is 0 Å². The third-order valence-corrected chi connectivity index (χ3v) is 4.25. The highest BCUT2D eigenvalue weighted by atomic mass is 79.9. The summed E-state index contributed by atoms with van der Waals surface area (Å²) in [6.07, 6.45) is 0. The second-order valence-electron chi connectivity index (χ2n) is 5.80. The summed E-state index contributed by atoms with van der Waals surface area (Å²) in [5.41, 5.74) is -0.265. The van der Waals surface area contributed by atoms with Crippen molar-refractivity contribution in [1.29, 1.82) is 0 Å². The van der Waals surface area contributed by atoms with Gasteiger partial charge in [0.1, 0.15) is 11.6 Å². The first-order valence-corrected chi connectivity index (χ1v) is 8.45. The summed E-state index contributed by atoms with van der Waals surface area (Å²) < 4.78 is 26.8. The summed E-state index contributed by atoms with van der Waals surface area (Å²) in [7, 11) is 0. The summed E-state index contributed by atoms with van der Waals surface area (Å²) >= 11 is 4.14. The number of rotatable bonds is 4. The number of hydrogen-bond donors (Lipinski definition) is 2. The Labute approximate surface area is 144 Å². The molecule has 0 saturated carbocycles. The maximum Gasteiger partial charge on any atom is 0.234 e. The van der Waals surface area contributed by atoms with Gasteiger partial charge in [0.25, 0.3) is 0 Å². The van der Waals surface area contributed by atoms with Gasteiger partial charge in [0.05, 0.1) is 11.4 Å². The Morgan fingerprint density at radius 1 is 1.39 bits per heavy atom. The minimum atomic E-state index is -0.844. The number of aromatic amines is 1. The second-order valence-corrected chi connectivity index (χ2v) is 7.59. The Bertz CT molecular complexity index is 707. The predicted octanol–water partition coefficient (Wildman–Crippen LogP) is 3.87. The summed E-state index contributed by atoms with van der Waals surface area (Å²) in [4.78, 5) is 16.2. The van der Waals surface area contributed by atoms with Crippen LogP contribution >= 0.6 is 27.7 Å². The van der Waals surface area contributed by atoms with Crippen molar-refractivity contribution in [1.82, 2.24) is 15.2 Å². The number of nitrogens with one attached hydrogen (secondary N) is 2. The maximum atomic E-state index is 13.6. The summed E-state index contributed by atoms with van der Waals surface area (Å²) in [5.74, 6) is -1.29. The van der Waals surface area contributed by atoms with Gasteiger partial charge in [-0.2, -0.15) is 0 Å². The van der Waals surface area contributed by atoms with Gasteiger partial charge < -0.3 is 5.32 Å². The highest BCUT2D eigenvalue weighted by Gasteiger charge is 2.19. The molecule has 23 heavy (non-hydrogen) atoms. The number of aromatic nitrogens is 3. The van der Waals surface area contributed by atoms with Crippen LogP contribution in [-0.2, 0) is 10.2 Å². The zero-order valence-electron chi connectivity index (χ0n) is 12.7. The zero-order valence-corrected chi connectivity index (χ0v) is 15.1. The molecule has 124 valence electrons. The van der Waals surface area contributed by atoms with Crippen LogP contribution in [0.15, 0.2) is 21.8 Å². The topological polar surface area (TPSA) is 70.7 Å². The minimum Gasteiger partial charge on any atom is -0.322 e. The van der Waals surface area contributed by atoms with E-state index in [0.29, 0.717) is 17.0 Å². The molecular formula is C14H15BrF2N4OS. The van der Waals surface area contributed by atoms with Crippen LogP contribution < -0.4 is 5.32 Å². The van der Waals surface area contributed by atoms with E-state index in [4.69, 9.17) is 0 Å². The van der Waals surface area contributed by atoms with Crippen LogP contribution in [0, 0.1) is 11.6 Å². The van der Waals surface area contributed by atoms with Crippen LogP contribution in [0.4, 0.5) is 14.5 Å². The van der Waals surface area contributed by atoms with Gasteiger partial charge in [0, 0.05) is 16.0 Å². The van der Waals surface area contributed by atoms with Gasteiger partial charge in [-0.1, -0.05) is 32.5 Å². The molecule has 0 aliphatic heterocycles. The van der Waals surface area contributed by atoms with Gasteiger partial charge in [-0.15, -0.1) is 5.10 Å². The molecule has 0 aliphatic rings. The Hall–Kier alpha value is -1.48. The summed E-state index contributed by atoms with van der Waals surface area (Å²) in [6, 6.07) is 1.79. The van der Waals surface area contributed by atoms with E-state index in [9.17, 15) is 13.6 Å². The smallest absolute Gasteiger partial charge is 0.234 e. The molecule has 1 aromatic carbocycles. The van der Waals surface area contributed by atoms with Crippen molar-refractivity contribution in [2.45, 2.75) is 31.3 Å². The Kier molecular flexibility index (Phi) is 5.41. The lowest BCUT2D eigenvalue weighted by Gasteiger charge is -2.12. The van der Waals surface area contributed by atoms with E-state index in [1.807, 2.05) is 20.8 Å². The Morgan fingerprint density at radius 2 is 2.09 bits per heavy atom. The van der Waals surface area contributed by atoms with E-state index < -0.39 is 17.5 Å². The molecule has 1 amide bonds. The number of H-pyrrole nitrogens is 1. The van der Waals surface area contributed by atoms with Crippen molar-refractivity contribution in [3.63, 3.8) is 0 Å². The van der Waals surface area contributed by atoms with Crippen molar-refractivity contribution in [3.05, 3.63) is 34.1 Å². The summed E-state index contributed by atoms with van der Waals surface area (Å²) in [6.45, 7) is 5.97. The molecule has 0 radical (unpaired) electrons. The first-order valence-electron chi connectivity index (χ1n) is 6.67. The van der Waals surface area contributed by atoms with E-state index in [2.05, 4.69) is 36.4 Å². The SMILES string of the molecule is CC(C)(C)c1nc(SCC(=O)Nc2c(F)cc(F)cc2Br)n[nH]1. The Balaban J connectivity index is 1.97. The van der Waals surface area contributed by atoms with E-state index in [-0.39, 0.29) is 21.3 Å². The molecule has 0 spiro atoms. The number of carbonyl (C=O) groups is 1. The van der Waals surface area contributed by atoms with Gasteiger partial charge >= 0.3 is 0 Å². The van der Waals surface area contributed by atoms with Crippen molar-refractivity contribution in [2.75, 3.05) is 11.1 Å². The molecule has 1 aromatic heterocycles. The van der Waals surface area contributed by atoms with Gasteiger partial charge in [-0.05, 0) is 22.0 Å². The van der Waals surface area contributed by atoms with E-state index in [1.165, 1.54) is 0 Å². The number of anilines is 1. The van der Waals surface area contributed by atoms with Crippen LogP contribution in [0.3, 0.4) is 0 Å². The molecule has 2 N–H and O–H groups in total. The fraction of sp³-hybridized carbons (Fsp3) is 0.357. The first kappa shape index (κ1) is 17.9. The van der Waals surface area contributed by atoms with Gasteiger partial charge in [-0.25, -0.2) is 13.8 Å². The highest BCUT2D eigenvalue weighted by molar-refractivity contribution is 9.10. The van der Waals surface area contributed by atoms with Crippen molar-refractivity contribution < 1.29 is 13.6 Å². The molecule has 1 heterocycles. The monoisotopic (exact) mass is 404 g/mol. The normalized spacial score (nSPS) is 11.6. The maximum absolute atomic E-state index is 13.6. The molecule has 9 heteroatoms.